The molecule has 0 unspecified atom stereocenters. The molecule has 0 fully saturated rings. The Balaban J connectivity index is 1.91. The van der Waals surface area contributed by atoms with E-state index in [9.17, 15) is 9.59 Å². The highest BCUT2D eigenvalue weighted by Crippen LogP contribution is 2.16. The second-order valence-corrected chi connectivity index (χ2v) is 4.88. The van der Waals surface area contributed by atoms with Crippen molar-refractivity contribution in [3.63, 3.8) is 0 Å². The van der Waals surface area contributed by atoms with Crippen molar-refractivity contribution in [1.82, 2.24) is 5.43 Å². The first kappa shape index (κ1) is 16.5. The molecule has 6 nitrogen and oxygen atoms in total. The molecule has 0 spiro atoms. The summed E-state index contributed by atoms with van der Waals surface area (Å²) in [6, 6.07) is 13.6. The van der Waals surface area contributed by atoms with Crippen molar-refractivity contribution in [1.29, 1.82) is 0 Å². The van der Waals surface area contributed by atoms with Crippen molar-refractivity contribution >= 4 is 35.3 Å². The lowest BCUT2D eigenvalue weighted by molar-refractivity contribution is -0.136. The minimum absolute atomic E-state index is 0.448. The third-order valence-corrected chi connectivity index (χ3v) is 3.00. The van der Waals surface area contributed by atoms with Crippen LogP contribution in [0.3, 0.4) is 0 Å². The van der Waals surface area contributed by atoms with E-state index in [0.29, 0.717) is 22.0 Å². The molecule has 0 aliphatic heterocycles. The Morgan fingerprint density at radius 1 is 1.13 bits per heavy atom. The van der Waals surface area contributed by atoms with Crippen LogP contribution in [0.15, 0.2) is 53.6 Å². The van der Waals surface area contributed by atoms with Crippen LogP contribution in [0, 0.1) is 0 Å². The highest BCUT2D eigenvalue weighted by Gasteiger charge is 2.12. The maximum absolute atomic E-state index is 11.7. The Morgan fingerprint density at radius 3 is 2.65 bits per heavy atom. The Labute approximate surface area is 138 Å². The zero-order valence-corrected chi connectivity index (χ0v) is 13.0. The Bertz CT molecular complexity index is 747. The highest BCUT2D eigenvalue weighted by molar-refractivity contribution is 6.39. The first-order chi connectivity index (χ1) is 11.1. The molecular weight excluding hydrogens is 318 g/mol. The van der Waals surface area contributed by atoms with Crippen molar-refractivity contribution in [2.24, 2.45) is 5.10 Å². The summed E-state index contributed by atoms with van der Waals surface area (Å²) in [4.78, 5) is 23.4. The fourth-order valence-electron chi connectivity index (χ4n) is 1.69. The predicted molar refractivity (Wildman–Crippen MR) is 88.8 cm³/mol. The van der Waals surface area contributed by atoms with E-state index in [1.165, 1.54) is 13.3 Å². The molecule has 2 aromatic carbocycles. The van der Waals surface area contributed by atoms with Gasteiger partial charge in [-0.05, 0) is 29.8 Å². The molecule has 0 saturated heterocycles. The molecule has 0 atom stereocenters. The molecule has 0 radical (unpaired) electrons. The zero-order valence-electron chi connectivity index (χ0n) is 12.2. The van der Waals surface area contributed by atoms with Crippen LogP contribution < -0.4 is 15.5 Å². The molecule has 0 saturated carbocycles. The molecule has 2 aromatic rings. The molecule has 7 heteroatoms. The average Bonchev–Trinajstić information content (AvgIpc) is 2.55. The molecule has 118 valence electrons. The summed E-state index contributed by atoms with van der Waals surface area (Å²) in [6.07, 6.45) is 1.39. The van der Waals surface area contributed by atoms with Gasteiger partial charge in [-0.2, -0.15) is 5.10 Å². The lowest BCUT2D eigenvalue weighted by atomic mass is 10.2. The molecule has 0 aliphatic rings. The lowest BCUT2D eigenvalue weighted by Gasteiger charge is -2.05. The summed E-state index contributed by atoms with van der Waals surface area (Å²) in [5.41, 5.74) is 3.29. The fraction of sp³-hybridized carbons (Fsp3) is 0.0625. The molecule has 0 aromatic heterocycles. The van der Waals surface area contributed by atoms with Gasteiger partial charge in [-0.3, -0.25) is 9.59 Å². The molecule has 0 heterocycles. The average molecular weight is 332 g/mol. The van der Waals surface area contributed by atoms with Crippen molar-refractivity contribution < 1.29 is 14.3 Å². The van der Waals surface area contributed by atoms with E-state index in [4.69, 9.17) is 16.3 Å². The van der Waals surface area contributed by atoms with Crippen LogP contribution >= 0.6 is 11.6 Å². The minimum atomic E-state index is -0.883. The number of carbonyl (C=O) groups excluding carboxylic acids is 2. The summed E-state index contributed by atoms with van der Waals surface area (Å²) >= 11 is 5.83. The van der Waals surface area contributed by atoms with E-state index in [1.807, 2.05) is 0 Å². The number of carbonyl (C=O) groups is 2. The Hall–Kier alpha value is -2.86. The van der Waals surface area contributed by atoms with Gasteiger partial charge in [-0.25, -0.2) is 5.43 Å². The van der Waals surface area contributed by atoms with Gasteiger partial charge >= 0.3 is 11.8 Å². The summed E-state index contributed by atoms with van der Waals surface area (Å²) < 4.78 is 5.03. The summed E-state index contributed by atoms with van der Waals surface area (Å²) in [6.45, 7) is 0. The third-order valence-electron chi connectivity index (χ3n) is 2.76. The molecule has 2 amide bonds. The van der Waals surface area contributed by atoms with Crippen LogP contribution in [0.1, 0.15) is 5.56 Å². The van der Waals surface area contributed by atoms with Gasteiger partial charge in [-0.15, -0.1) is 0 Å². The van der Waals surface area contributed by atoms with Gasteiger partial charge in [0.1, 0.15) is 5.75 Å². The van der Waals surface area contributed by atoms with Gasteiger partial charge in [0.15, 0.2) is 0 Å². The highest BCUT2D eigenvalue weighted by atomic mass is 35.5. The van der Waals surface area contributed by atoms with Gasteiger partial charge in [0.05, 0.1) is 13.3 Å². The lowest BCUT2D eigenvalue weighted by Crippen LogP contribution is -2.32. The number of ether oxygens (including phenoxy) is 1. The third kappa shape index (κ3) is 5.12. The van der Waals surface area contributed by atoms with Crippen molar-refractivity contribution in [2.75, 3.05) is 12.4 Å². The number of nitrogens with one attached hydrogen (secondary N) is 2. The van der Waals surface area contributed by atoms with Gasteiger partial charge in [0.25, 0.3) is 0 Å². The van der Waals surface area contributed by atoms with Crippen molar-refractivity contribution in [3.8, 4) is 5.75 Å². The van der Waals surface area contributed by atoms with Gasteiger partial charge in [0.2, 0.25) is 0 Å². The monoisotopic (exact) mass is 331 g/mol. The van der Waals surface area contributed by atoms with Crippen LogP contribution in [0.4, 0.5) is 5.69 Å². The largest absolute Gasteiger partial charge is 0.497 e. The number of methoxy groups -OCH3 is 1. The van der Waals surface area contributed by atoms with Crippen LogP contribution in [0.2, 0.25) is 5.02 Å². The molecule has 2 rings (SSSR count). The summed E-state index contributed by atoms with van der Waals surface area (Å²) in [5.74, 6) is -1.14. The molecule has 2 N–H and O–H groups in total. The number of anilines is 1. The first-order valence-corrected chi connectivity index (χ1v) is 7.00. The molecule has 0 bridgehead atoms. The number of benzene rings is 2. The number of rotatable bonds is 4. The van der Waals surface area contributed by atoms with Crippen molar-refractivity contribution in [2.45, 2.75) is 0 Å². The topological polar surface area (TPSA) is 79.8 Å². The van der Waals surface area contributed by atoms with Gasteiger partial charge in [-0.1, -0.05) is 29.8 Å². The zero-order chi connectivity index (χ0) is 16.7. The van der Waals surface area contributed by atoms with E-state index in [2.05, 4.69) is 15.8 Å². The number of hydrazone groups is 1. The second-order valence-electron chi connectivity index (χ2n) is 4.44. The number of amides is 2. The second kappa shape index (κ2) is 7.95. The van der Waals surface area contributed by atoms with Gasteiger partial charge < -0.3 is 10.1 Å². The van der Waals surface area contributed by atoms with E-state index in [-0.39, 0.29) is 0 Å². The van der Waals surface area contributed by atoms with E-state index in [0.717, 1.165) is 0 Å². The summed E-state index contributed by atoms with van der Waals surface area (Å²) in [7, 11) is 1.51. The van der Waals surface area contributed by atoms with Crippen LogP contribution in [-0.2, 0) is 9.59 Å². The van der Waals surface area contributed by atoms with E-state index in [1.54, 1.807) is 48.5 Å². The summed E-state index contributed by atoms with van der Waals surface area (Å²) in [5, 5.41) is 6.71. The SMILES string of the molecule is COc1cccc(NC(=O)C(=O)N/N=C/c2cccc(Cl)c2)c1. The standard InChI is InChI=1S/C16H14ClN3O3/c1-23-14-7-3-6-13(9-14)19-15(21)16(22)20-18-10-11-4-2-5-12(17)8-11/h2-10H,1H3,(H,19,21)(H,20,22)/b18-10+. The van der Waals surface area contributed by atoms with Crippen LogP contribution in [0.25, 0.3) is 0 Å². The van der Waals surface area contributed by atoms with Crippen LogP contribution in [0.5, 0.6) is 5.75 Å². The van der Waals surface area contributed by atoms with Gasteiger partial charge in [0, 0.05) is 16.8 Å². The van der Waals surface area contributed by atoms with Crippen LogP contribution in [-0.4, -0.2) is 25.1 Å². The number of nitrogens with zero attached hydrogens (tertiary/aromatic N) is 1. The number of halogens is 1. The number of hydrogen-bond donors (Lipinski definition) is 2. The number of hydrogen-bond acceptors (Lipinski definition) is 4. The predicted octanol–water partition coefficient (Wildman–Crippen LogP) is 2.44. The normalized spacial score (nSPS) is 10.3. The van der Waals surface area contributed by atoms with Crippen molar-refractivity contribution in [3.05, 3.63) is 59.1 Å². The minimum Gasteiger partial charge on any atom is -0.497 e. The molecule has 0 aliphatic carbocycles. The maximum Gasteiger partial charge on any atom is 0.329 e. The quantitative estimate of drug-likeness (QED) is 0.513. The Morgan fingerprint density at radius 2 is 1.91 bits per heavy atom. The molecule has 23 heavy (non-hydrogen) atoms. The van der Waals surface area contributed by atoms with E-state index >= 15 is 0 Å². The van der Waals surface area contributed by atoms with E-state index < -0.39 is 11.8 Å². The fourth-order valence-corrected chi connectivity index (χ4v) is 1.89. The smallest absolute Gasteiger partial charge is 0.329 e. The first-order valence-electron chi connectivity index (χ1n) is 6.62. The maximum atomic E-state index is 11.7. The Kier molecular flexibility index (Phi) is 5.71. The molecular formula is C16H14ClN3O3.